The molecule has 2 aromatic heterocycles. The largest absolute Gasteiger partial charge is 0.271 e. The van der Waals surface area contributed by atoms with Crippen LogP contribution in [0.3, 0.4) is 0 Å². The third-order valence-corrected chi connectivity index (χ3v) is 2.80. The molecule has 2 heterocycles. The van der Waals surface area contributed by atoms with Gasteiger partial charge in [0.15, 0.2) is 0 Å². The van der Waals surface area contributed by atoms with Crippen molar-refractivity contribution >= 4 is 23.2 Å². The Kier molecular flexibility index (Phi) is 3.91. The van der Waals surface area contributed by atoms with Gasteiger partial charge in [0.05, 0.1) is 21.8 Å². The smallest absolute Gasteiger partial charge is 0.0911 e. The lowest BCUT2D eigenvalue weighted by Crippen LogP contribution is -2.29. The molecule has 0 radical (unpaired) electrons. The summed E-state index contributed by atoms with van der Waals surface area (Å²) in [6.45, 7) is 0. The topological polar surface area (TPSA) is 63.8 Å². The summed E-state index contributed by atoms with van der Waals surface area (Å²) >= 11 is 11.9. The van der Waals surface area contributed by atoms with E-state index in [9.17, 15) is 0 Å². The Bertz CT molecular complexity index is 504. The Hall–Kier alpha value is -1.20. The van der Waals surface area contributed by atoms with E-state index in [0.717, 1.165) is 5.56 Å². The van der Waals surface area contributed by atoms with E-state index < -0.39 is 0 Å². The van der Waals surface area contributed by atoms with Gasteiger partial charge in [-0.15, -0.1) is 0 Å². The molecule has 0 bridgehead atoms. The Morgan fingerprint density at radius 1 is 1.29 bits per heavy atom. The molecule has 2 rings (SSSR count). The van der Waals surface area contributed by atoms with Crippen molar-refractivity contribution in [1.82, 2.24) is 15.4 Å². The molecule has 0 saturated heterocycles. The number of halogens is 2. The number of hydrogen-bond acceptors (Lipinski definition) is 4. The average Bonchev–Trinajstić information content (AvgIpc) is 2.34. The quantitative estimate of drug-likeness (QED) is 0.663. The number of hydrazine groups is 1. The van der Waals surface area contributed by atoms with Crippen LogP contribution >= 0.6 is 23.2 Å². The lowest BCUT2D eigenvalue weighted by Gasteiger charge is -2.16. The standard InChI is InChI=1S/C11H10Cl2N4/c12-8-4-9(13)11(16-6-8)10(17-14)7-2-1-3-15-5-7/h1-6,10,17H,14H2. The first-order valence-electron chi connectivity index (χ1n) is 4.89. The van der Waals surface area contributed by atoms with Crippen LogP contribution in [-0.4, -0.2) is 9.97 Å². The van der Waals surface area contributed by atoms with E-state index in [1.807, 2.05) is 12.1 Å². The molecule has 0 saturated carbocycles. The van der Waals surface area contributed by atoms with Crippen molar-refractivity contribution in [3.05, 3.63) is 58.1 Å². The van der Waals surface area contributed by atoms with Crippen LogP contribution in [-0.2, 0) is 0 Å². The predicted octanol–water partition coefficient (Wildman–Crippen LogP) is 2.34. The molecule has 0 spiro atoms. The number of nitrogens with two attached hydrogens (primary N) is 1. The van der Waals surface area contributed by atoms with Crippen LogP contribution in [0.1, 0.15) is 17.3 Å². The Labute approximate surface area is 109 Å². The SMILES string of the molecule is NNC(c1cccnc1)c1ncc(Cl)cc1Cl. The van der Waals surface area contributed by atoms with Gasteiger partial charge in [0.25, 0.3) is 0 Å². The summed E-state index contributed by atoms with van der Waals surface area (Å²) in [5, 5.41) is 0.949. The second-order valence-electron chi connectivity index (χ2n) is 3.41. The van der Waals surface area contributed by atoms with Crippen molar-refractivity contribution in [3.63, 3.8) is 0 Å². The zero-order valence-electron chi connectivity index (χ0n) is 8.77. The second kappa shape index (κ2) is 5.42. The molecular weight excluding hydrogens is 259 g/mol. The summed E-state index contributed by atoms with van der Waals surface area (Å²) in [4.78, 5) is 8.22. The fourth-order valence-electron chi connectivity index (χ4n) is 1.52. The minimum atomic E-state index is -0.312. The molecule has 3 N–H and O–H groups in total. The van der Waals surface area contributed by atoms with Gasteiger partial charge >= 0.3 is 0 Å². The number of hydrogen-bond donors (Lipinski definition) is 2. The molecule has 17 heavy (non-hydrogen) atoms. The summed E-state index contributed by atoms with van der Waals surface area (Å²) in [6, 6.07) is 5.04. The van der Waals surface area contributed by atoms with Crippen molar-refractivity contribution in [2.24, 2.45) is 5.84 Å². The number of rotatable bonds is 3. The van der Waals surface area contributed by atoms with Gasteiger partial charge in [-0.2, -0.15) is 0 Å². The summed E-state index contributed by atoms with van der Waals surface area (Å²) in [6.07, 6.45) is 4.93. The van der Waals surface area contributed by atoms with Gasteiger partial charge in [0, 0.05) is 18.6 Å². The van der Waals surface area contributed by atoms with Crippen LogP contribution in [0, 0.1) is 0 Å². The Morgan fingerprint density at radius 2 is 2.12 bits per heavy atom. The highest BCUT2D eigenvalue weighted by atomic mass is 35.5. The first-order valence-corrected chi connectivity index (χ1v) is 5.65. The summed E-state index contributed by atoms with van der Waals surface area (Å²) in [5.74, 6) is 5.53. The number of pyridine rings is 2. The van der Waals surface area contributed by atoms with Crippen molar-refractivity contribution in [1.29, 1.82) is 0 Å². The van der Waals surface area contributed by atoms with Gasteiger partial charge < -0.3 is 0 Å². The zero-order valence-corrected chi connectivity index (χ0v) is 10.3. The first kappa shape index (κ1) is 12.3. The van der Waals surface area contributed by atoms with Crippen molar-refractivity contribution in [2.45, 2.75) is 6.04 Å². The fourth-order valence-corrected chi connectivity index (χ4v) is 2.01. The highest BCUT2D eigenvalue weighted by Gasteiger charge is 2.17. The molecule has 0 fully saturated rings. The van der Waals surface area contributed by atoms with Gasteiger partial charge in [-0.3, -0.25) is 15.8 Å². The van der Waals surface area contributed by atoms with Crippen LogP contribution in [0.25, 0.3) is 0 Å². The predicted molar refractivity (Wildman–Crippen MR) is 67.7 cm³/mol. The van der Waals surface area contributed by atoms with Crippen LogP contribution in [0.15, 0.2) is 36.8 Å². The van der Waals surface area contributed by atoms with E-state index in [-0.39, 0.29) is 6.04 Å². The van der Waals surface area contributed by atoms with Crippen LogP contribution in [0.5, 0.6) is 0 Å². The van der Waals surface area contributed by atoms with Crippen LogP contribution < -0.4 is 11.3 Å². The molecule has 0 aliphatic heterocycles. The molecule has 1 unspecified atom stereocenters. The van der Waals surface area contributed by atoms with Crippen molar-refractivity contribution in [2.75, 3.05) is 0 Å². The minimum absolute atomic E-state index is 0.312. The Morgan fingerprint density at radius 3 is 2.71 bits per heavy atom. The molecule has 6 heteroatoms. The van der Waals surface area contributed by atoms with Gasteiger partial charge in [0.2, 0.25) is 0 Å². The van der Waals surface area contributed by atoms with E-state index in [0.29, 0.717) is 15.7 Å². The molecule has 4 nitrogen and oxygen atoms in total. The third kappa shape index (κ3) is 2.73. The second-order valence-corrected chi connectivity index (χ2v) is 4.25. The summed E-state index contributed by atoms with van der Waals surface area (Å²) in [7, 11) is 0. The normalized spacial score (nSPS) is 12.4. The summed E-state index contributed by atoms with van der Waals surface area (Å²) in [5.41, 5.74) is 4.16. The number of aromatic nitrogens is 2. The van der Waals surface area contributed by atoms with Gasteiger partial charge in [0.1, 0.15) is 0 Å². The maximum Gasteiger partial charge on any atom is 0.0911 e. The molecule has 0 aliphatic rings. The molecule has 1 atom stereocenters. The Balaban J connectivity index is 2.42. The number of nitrogens with one attached hydrogen (secondary N) is 1. The van der Waals surface area contributed by atoms with Crippen molar-refractivity contribution in [3.8, 4) is 0 Å². The van der Waals surface area contributed by atoms with E-state index in [4.69, 9.17) is 29.0 Å². The molecular formula is C11H10Cl2N4. The maximum absolute atomic E-state index is 6.09. The van der Waals surface area contributed by atoms with Crippen LogP contribution in [0.2, 0.25) is 10.0 Å². The monoisotopic (exact) mass is 268 g/mol. The maximum atomic E-state index is 6.09. The number of nitrogens with zero attached hydrogens (tertiary/aromatic N) is 2. The molecule has 2 aromatic rings. The van der Waals surface area contributed by atoms with Gasteiger partial charge in [-0.1, -0.05) is 29.3 Å². The zero-order chi connectivity index (χ0) is 12.3. The van der Waals surface area contributed by atoms with Crippen LogP contribution in [0.4, 0.5) is 0 Å². The van der Waals surface area contributed by atoms with E-state index >= 15 is 0 Å². The highest BCUT2D eigenvalue weighted by molar-refractivity contribution is 6.34. The lowest BCUT2D eigenvalue weighted by atomic mass is 10.1. The van der Waals surface area contributed by atoms with Gasteiger partial charge in [-0.25, -0.2) is 5.43 Å². The highest BCUT2D eigenvalue weighted by Crippen LogP contribution is 2.27. The molecule has 0 aliphatic carbocycles. The van der Waals surface area contributed by atoms with Gasteiger partial charge in [-0.05, 0) is 17.7 Å². The minimum Gasteiger partial charge on any atom is -0.271 e. The lowest BCUT2D eigenvalue weighted by molar-refractivity contribution is 0.619. The molecule has 0 amide bonds. The summed E-state index contributed by atoms with van der Waals surface area (Å²) < 4.78 is 0. The third-order valence-electron chi connectivity index (χ3n) is 2.29. The molecule has 88 valence electrons. The average molecular weight is 269 g/mol. The van der Waals surface area contributed by atoms with E-state index in [1.165, 1.54) is 6.20 Å². The van der Waals surface area contributed by atoms with E-state index in [1.54, 1.807) is 18.5 Å². The first-order chi connectivity index (χ1) is 8.22. The fraction of sp³-hybridized carbons (Fsp3) is 0.0909. The van der Waals surface area contributed by atoms with Crippen molar-refractivity contribution < 1.29 is 0 Å². The van der Waals surface area contributed by atoms with E-state index in [2.05, 4.69) is 15.4 Å². The molecule has 0 aromatic carbocycles.